The van der Waals surface area contributed by atoms with Crippen molar-refractivity contribution >= 4 is 40.6 Å². The van der Waals surface area contributed by atoms with Crippen LogP contribution >= 0.6 is 12.2 Å². The molecule has 1 aromatic heterocycles. The van der Waals surface area contributed by atoms with Gasteiger partial charge in [-0.15, -0.1) is 0 Å². The van der Waals surface area contributed by atoms with Crippen LogP contribution < -0.4 is 16.4 Å². The summed E-state index contributed by atoms with van der Waals surface area (Å²) >= 11 is 5.50. The van der Waals surface area contributed by atoms with Crippen molar-refractivity contribution in [3.63, 3.8) is 0 Å². The fourth-order valence-corrected chi connectivity index (χ4v) is 3.50. The predicted octanol–water partition coefficient (Wildman–Crippen LogP) is 3.41. The van der Waals surface area contributed by atoms with Gasteiger partial charge in [0.15, 0.2) is 5.78 Å². The molecule has 0 fully saturated rings. The number of benzene rings is 1. The minimum absolute atomic E-state index is 0.0990. The van der Waals surface area contributed by atoms with Gasteiger partial charge in [-0.3, -0.25) is 9.69 Å². The summed E-state index contributed by atoms with van der Waals surface area (Å²) in [7, 11) is 0. The van der Waals surface area contributed by atoms with Crippen molar-refractivity contribution in [2.75, 3.05) is 24.1 Å². The highest BCUT2D eigenvalue weighted by molar-refractivity contribution is 7.81. The number of nitrogens with zero attached hydrogens (tertiary/aromatic N) is 2. The number of halogens is 1. The van der Waals surface area contributed by atoms with Gasteiger partial charge in [0, 0.05) is 24.1 Å². The molecule has 174 valence electrons. The number of anilines is 2. The molecular weight excluding hydrogens is 445 g/mol. The molecule has 0 radical (unpaired) electrons. The molecule has 0 unspecified atom stereocenters. The van der Waals surface area contributed by atoms with E-state index in [1.54, 1.807) is 39.1 Å². The summed E-state index contributed by atoms with van der Waals surface area (Å²) in [5.74, 6) is -0.359. The molecule has 0 saturated heterocycles. The Morgan fingerprint density at radius 1 is 1.24 bits per heavy atom. The minimum Gasteiger partial charge on any atom is -0.444 e. The normalized spacial score (nSPS) is 14.2. The second-order valence-corrected chi connectivity index (χ2v) is 8.92. The van der Waals surface area contributed by atoms with E-state index in [1.807, 2.05) is 0 Å². The Morgan fingerprint density at radius 2 is 1.94 bits per heavy atom. The van der Waals surface area contributed by atoms with Gasteiger partial charge in [-0.05, 0) is 62.7 Å². The number of amides is 1. The number of Topliss-reactive ketones (excluding diaryl/α,β-unsaturated/α-hetero) is 1. The van der Waals surface area contributed by atoms with E-state index in [0.29, 0.717) is 23.7 Å². The van der Waals surface area contributed by atoms with Crippen molar-refractivity contribution in [3.05, 3.63) is 65.2 Å². The number of nitrogen functional groups attached to an aromatic ring is 1. The summed E-state index contributed by atoms with van der Waals surface area (Å²) in [6, 6.07) is 9.12. The first kappa shape index (κ1) is 24.1. The monoisotopic (exact) mass is 471 g/mol. The maximum atomic E-state index is 13.2. The minimum atomic E-state index is -0.703. The van der Waals surface area contributed by atoms with Crippen molar-refractivity contribution in [1.29, 1.82) is 0 Å². The van der Waals surface area contributed by atoms with E-state index in [9.17, 15) is 14.0 Å². The van der Waals surface area contributed by atoms with Crippen LogP contribution in [-0.2, 0) is 16.1 Å². The van der Waals surface area contributed by atoms with Crippen LogP contribution in [0.15, 0.2) is 53.9 Å². The molecule has 3 rings (SSSR count). The number of carbonyl (C=O) groups is 2. The molecule has 1 amide bonds. The zero-order valence-electron chi connectivity index (χ0n) is 18.6. The fourth-order valence-electron chi connectivity index (χ4n) is 3.15. The van der Waals surface area contributed by atoms with Crippen LogP contribution in [0, 0.1) is 5.82 Å². The lowest BCUT2D eigenvalue weighted by molar-refractivity contribution is -0.116. The summed E-state index contributed by atoms with van der Waals surface area (Å²) in [5, 5.41) is 6.18. The van der Waals surface area contributed by atoms with Gasteiger partial charge in [-0.2, -0.15) is 0 Å². The third kappa shape index (κ3) is 6.72. The maximum absolute atomic E-state index is 13.2. The quantitative estimate of drug-likeness (QED) is 0.569. The molecule has 8 nitrogen and oxygen atoms in total. The van der Waals surface area contributed by atoms with E-state index in [1.165, 1.54) is 29.2 Å². The van der Waals surface area contributed by atoms with Crippen molar-refractivity contribution in [2.24, 2.45) is 0 Å². The van der Waals surface area contributed by atoms with E-state index in [4.69, 9.17) is 22.7 Å². The van der Waals surface area contributed by atoms with Gasteiger partial charge in [0.05, 0.1) is 18.7 Å². The van der Waals surface area contributed by atoms with Crippen LogP contribution in [0.25, 0.3) is 0 Å². The van der Waals surface area contributed by atoms with Crippen LogP contribution in [0.2, 0.25) is 0 Å². The number of hydrogen-bond donors (Lipinski definition) is 3. The first-order valence-electron chi connectivity index (χ1n) is 10.3. The molecule has 1 aromatic carbocycles. The van der Waals surface area contributed by atoms with Gasteiger partial charge >= 0.3 is 6.09 Å². The topological polar surface area (TPSA) is 110 Å². The summed E-state index contributed by atoms with van der Waals surface area (Å²) < 4.78 is 18.7. The largest absolute Gasteiger partial charge is 0.444 e. The molecule has 4 N–H and O–H groups in total. The van der Waals surface area contributed by atoms with Crippen molar-refractivity contribution < 1.29 is 18.7 Å². The molecule has 2 heterocycles. The van der Waals surface area contributed by atoms with Crippen LogP contribution in [0.3, 0.4) is 0 Å². The molecule has 0 spiro atoms. The van der Waals surface area contributed by atoms with E-state index in [0.717, 1.165) is 5.56 Å². The summed E-state index contributed by atoms with van der Waals surface area (Å²) in [6.45, 7) is 5.52. The second-order valence-electron chi connectivity index (χ2n) is 8.52. The van der Waals surface area contributed by atoms with E-state index in [-0.39, 0.29) is 35.3 Å². The van der Waals surface area contributed by atoms with Crippen LogP contribution in [0.4, 0.5) is 20.7 Å². The smallest absolute Gasteiger partial charge is 0.411 e. The first-order chi connectivity index (χ1) is 15.5. The average molecular weight is 472 g/mol. The van der Waals surface area contributed by atoms with Crippen LogP contribution in [0.1, 0.15) is 26.3 Å². The van der Waals surface area contributed by atoms with E-state index in [2.05, 4.69) is 15.6 Å². The molecule has 0 aliphatic carbocycles. The van der Waals surface area contributed by atoms with E-state index < -0.39 is 11.7 Å². The van der Waals surface area contributed by atoms with Crippen LogP contribution in [0.5, 0.6) is 0 Å². The highest BCUT2D eigenvalue weighted by Gasteiger charge is 2.33. The molecular formula is C23H26FN5O3S. The standard InChI is InChI=1S/C23H26FN5O3S/c1-23(2,3)32-22(31)29-12-17(27-11-14-8-9-26-19(25)10-14)20(18(30)13-29)21(33)28-16-6-4-15(24)5-7-16/h4-10,27H,11-13H2,1-3H3,(H2,25,26)(H,28,33). The molecule has 0 atom stereocenters. The number of carbonyl (C=O) groups excluding carboxylic acids is 2. The Balaban J connectivity index is 1.87. The molecule has 10 heteroatoms. The number of thiocarbonyl (C=S) groups is 1. The van der Waals surface area contributed by atoms with E-state index >= 15 is 0 Å². The van der Waals surface area contributed by atoms with Gasteiger partial charge in [-0.1, -0.05) is 12.2 Å². The van der Waals surface area contributed by atoms with Gasteiger partial charge in [-0.25, -0.2) is 14.2 Å². The van der Waals surface area contributed by atoms with Gasteiger partial charge in [0.1, 0.15) is 22.2 Å². The SMILES string of the molecule is CC(C)(C)OC(=O)N1CC(=O)C(C(=S)Nc2ccc(F)cc2)=C(NCc2ccnc(N)c2)C1. The lowest BCUT2D eigenvalue weighted by Crippen LogP contribution is -2.48. The maximum Gasteiger partial charge on any atom is 0.411 e. The number of aromatic nitrogens is 1. The number of nitrogens with two attached hydrogens (primary N) is 1. The predicted molar refractivity (Wildman–Crippen MR) is 128 cm³/mol. The van der Waals surface area contributed by atoms with Crippen LogP contribution in [-0.4, -0.2) is 45.4 Å². The highest BCUT2D eigenvalue weighted by Crippen LogP contribution is 2.21. The highest BCUT2D eigenvalue weighted by atomic mass is 32.1. The van der Waals surface area contributed by atoms with Crippen molar-refractivity contribution in [3.8, 4) is 0 Å². The third-order valence-corrected chi connectivity index (χ3v) is 4.90. The molecule has 0 saturated carbocycles. The Morgan fingerprint density at radius 3 is 2.58 bits per heavy atom. The molecule has 1 aliphatic heterocycles. The number of rotatable bonds is 5. The lowest BCUT2D eigenvalue weighted by Gasteiger charge is -2.32. The summed E-state index contributed by atoms with van der Waals surface area (Å²) in [5.41, 5.74) is 7.15. The zero-order chi connectivity index (χ0) is 24.2. The number of nitrogens with one attached hydrogen (secondary N) is 2. The Bertz CT molecular complexity index is 1100. The van der Waals surface area contributed by atoms with Crippen molar-refractivity contribution in [1.82, 2.24) is 15.2 Å². The average Bonchev–Trinajstić information content (AvgIpc) is 2.72. The Kier molecular flexibility index (Phi) is 7.27. The van der Waals surface area contributed by atoms with Gasteiger partial charge in [0.2, 0.25) is 0 Å². The Labute approximate surface area is 197 Å². The van der Waals surface area contributed by atoms with Crippen molar-refractivity contribution in [2.45, 2.75) is 32.9 Å². The summed E-state index contributed by atoms with van der Waals surface area (Å²) in [6.07, 6.45) is 0.987. The number of ether oxygens (including phenoxy) is 1. The molecule has 33 heavy (non-hydrogen) atoms. The van der Waals surface area contributed by atoms with Gasteiger partial charge in [0.25, 0.3) is 0 Å². The number of hydrogen-bond acceptors (Lipinski definition) is 7. The lowest BCUT2D eigenvalue weighted by atomic mass is 10.0. The number of ketones is 1. The molecule has 0 bridgehead atoms. The first-order valence-corrected chi connectivity index (χ1v) is 10.7. The third-order valence-electron chi connectivity index (χ3n) is 4.60. The molecule has 1 aliphatic rings. The summed E-state index contributed by atoms with van der Waals surface area (Å²) in [4.78, 5) is 31.1. The second kappa shape index (κ2) is 9.95. The fraction of sp³-hybridized carbons (Fsp3) is 0.304. The number of pyridine rings is 1. The Hall–Kier alpha value is -3.53. The zero-order valence-corrected chi connectivity index (χ0v) is 19.5. The molecule has 2 aromatic rings. The van der Waals surface area contributed by atoms with Gasteiger partial charge < -0.3 is 21.1 Å².